The van der Waals surface area contributed by atoms with Crippen LogP contribution in [0.3, 0.4) is 0 Å². The Hall–Kier alpha value is -1.19. The largest absolute Gasteiger partial charge is 0.481 e. The number of carboxylic acid groups (broad SMARTS) is 1. The fourth-order valence-electron chi connectivity index (χ4n) is 2.36. The lowest BCUT2D eigenvalue weighted by atomic mass is 10.1. The summed E-state index contributed by atoms with van der Waals surface area (Å²) in [5.41, 5.74) is 0. The van der Waals surface area contributed by atoms with Crippen molar-refractivity contribution in [3.05, 3.63) is 0 Å². The molecular weight excluding hydrogens is 298 g/mol. The van der Waals surface area contributed by atoms with Crippen LogP contribution in [0.1, 0.15) is 12.8 Å². The van der Waals surface area contributed by atoms with Crippen molar-refractivity contribution in [1.82, 2.24) is 14.5 Å². The zero-order valence-corrected chi connectivity index (χ0v) is 12.8. The van der Waals surface area contributed by atoms with Crippen molar-refractivity contribution < 1.29 is 23.1 Å². The number of nitrogens with one attached hydrogen (secondary N) is 1. The molecule has 1 saturated heterocycles. The lowest BCUT2D eigenvalue weighted by Crippen LogP contribution is -2.41. The zero-order valence-electron chi connectivity index (χ0n) is 12.0. The second kappa shape index (κ2) is 6.29. The van der Waals surface area contributed by atoms with Gasteiger partial charge in [0.25, 0.3) is 0 Å². The zero-order chi connectivity index (χ0) is 15.6. The maximum Gasteiger partial charge on any atom is 0.309 e. The van der Waals surface area contributed by atoms with Crippen molar-refractivity contribution >= 4 is 21.9 Å². The number of sulfonamides is 1. The average Bonchev–Trinajstić information content (AvgIpc) is 3.14. The van der Waals surface area contributed by atoms with Gasteiger partial charge in [0.05, 0.1) is 18.7 Å². The van der Waals surface area contributed by atoms with E-state index in [0.29, 0.717) is 6.54 Å². The van der Waals surface area contributed by atoms with Crippen molar-refractivity contribution in [3.63, 3.8) is 0 Å². The summed E-state index contributed by atoms with van der Waals surface area (Å²) in [4.78, 5) is 24.8. The van der Waals surface area contributed by atoms with Gasteiger partial charge in [0.1, 0.15) is 0 Å². The summed E-state index contributed by atoms with van der Waals surface area (Å²) in [7, 11) is -3.43. The van der Waals surface area contributed by atoms with Gasteiger partial charge in [-0.25, -0.2) is 8.42 Å². The normalized spacial score (nSPS) is 25.3. The van der Waals surface area contributed by atoms with E-state index in [1.807, 2.05) is 0 Å². The van der Waals surface area contributed by atoms with Crippen LogP contribution in [0.2, 0.25) is 0 Å². The lowest BCUT2D eigenvalue weighted by Gasteiger charge is -2.21. The van der Waals surface area contributed by atoms with E-state index in [4.69, 9.17) is 0 Å². The van der Waals surface area contributed by atoms with E-state index in [-0.39, 0.29) is 38.1 Å². The highest BCUT2D eigenvalue weighted by atomic mass is 32.2. The van der Waals surface area contributed by atoms with Gasteiger partial charge >= 0.3 is 5.97 Å². The van der Waals surface area contributed by atoms with Gasteiger partial charge in [-0.05, 0) is 12.8 Å². The van der Waals surface area contributed by atoms with Crippen LogP contribution in [0, 0.1) is 5.92 Å². The van der Waals surface area contributed by atoms with Crippen LogP contribution in [-0.2, 0) is 19.6 Å². The van der Waals surface area contributed by atoms with E-state index < -0.39 is 21.9 Å². The van der Waals surface area contributed by atoms with Crippen LogP contribution < -0.4 is 5.32 Å². The van der Waals surface area contributed by atoms with E-state index in [2.05, 4.69) is 5.32 Å². The van der Waals surface area contributed by atoms with E-state index >= 15 is 0 Å². The molecule has 8 nitrogen and oxygen atoms in total. The SMILES string of the molecule is CS(=O)(=O)N1CCN(CC(=O)NC2CC2)C[C@H](C(=O)O)C1. The first-order valence-corrected chi connectivity index (χ1v) is 8.80. The smallest absolute Gasteiger partial charge is 0.309 e. The van der Waals surface area contributed by atoms with Gasteiger partial charge in [0.15, 0.2) is 0 Å². The Kier molecular flexibility index (Phi) is 4.84. The Morgan fingerprint density at radius 2 is 1.90 bits per heavy atom. The fourth-order valence-corrected chi connectivity index (χ4v) is 3.22. The number of amides is 1. The Morgan fingerprint density at radius 1 is 1.24 bits per heavy atom. The van der Waals surface area contributed by atoms with Crippen LogP contribution in [-0.4, -0.2) is 79.6 Å². The van der Waals surface area contributed by atoms with Crippen LogP contribution in [0.15, 0.2) is 0 Å². The molecule has 0 aromatic heterocycles. The predicted octanol–water partition coefficient (Wildman–Crippen LogP) is -1.46. The lowest BCUT2D eigenvalue weighted by molar-refractivity contribution is -0.142. The topological polar surface area (TPSA) is 107 Å². The molecule has 1 heterocycles. The van der Waals surface area contributed by atoms with Gasteiger partial charge in [0, 0.05) is 32.2 Å². The first-order chi connectivity index (χ1) is 9.75. The van der Waals surface area contributed by atoms with Gasteiger partial charge in [0.2, 0.25) is 15.9 Å². The number of hydrogen-bond donors (Lipinski definition) is 2. The molecule has 2 N–H and O–H groups in total. The number of hydrogen-bond acceptors (Lipinski definition) is 5. The van der Waals surface area contributed by atoms with Crippen LogP contribution >= 0.6 is 0 Å². The molecule has 2 rings (SSSR count). The molecule has 1 aliphatic heterocycles. The predicted molar refractivity (Wildman–Crippen MR) is 75.1 cm³/mol. The molecule has 0 unspecified atom stereocenters. The maximum absolute atomic E-state index is 11.8. The van der Waals surface area contributed by atoms with Crippen molar-refractivity contribution in [1.29, 1.82) is 0 Å². The van der Waals surface area contributed by atoms with Gasteiger partial charge in [-0.2, -0.15) is 4.31 Å². The Morgan fingerprint density at radius 3 is 2.43 bits per heavy atom. The molecule has 120 valence electrons. The Bertz CT molecular complexity index is 517. The molecule has 21 heavy (non-hydrogen) atoms. The summed E-state index contributed by atoms with van der Waals surface area (Å²) in [5, 5.41) is 12.1. The number of nitrogens with zero attached hydrogens (tertiary/aromatic N) is 2. The third-order valence-corrected chi connectivity index (χ3v) is 4.97. The summed E-state index contributed by atoms with van der Waals surface area (Å²) in [6.45, 7) is 0.806. The molecule has 1 amide bonds. The van der Waals surface area contributed by atoms with Gasteiger partial charge in [-0.3, -0.25) is 14.5 Å². The highest BCUT2D eigenvalue weighted by molar-refractivity contribution is 7.88. The third-order valence-electron chi connectivity index (χ3n) is 3.70. The maximum atomic E-state index is 11.8. The first kappa shape index (κ1) is 16.2. The molecule has 0 spiro atoms. The van der Waals surface area contributed by atoms with Crippen LogP contribution in [0.25, 0.3) is 0 Å². The van der Waals surface area contributed by atoms with Gasteiger partial charge in [-0.15, -0.1) is 0 Å². The number of carbonyl (C=O) groups is 2. The Labute approximate surface area is 124 Å². The minimum atomic E-state index is -3.43. The van der Waals surface area contributed by atoms with Gasteiger partial charge < -0.3 is 10.4 Å². The van der Waals surface area contributed by atoms with E-state index in [0.717, 1.165) is 19.1 Å². The molecular formula is C12H21N3O5S. The number of aliphatic carboxylic acids is 1. The molecule has 0 bridgehead atoms. The van der Waals surface area contributed by atoms with E-state index in [9.17, 15) is 23.1 Å². The van der Waals surface area contributed by atoms with Crippen LogP contribution in [0.4, 0.5) is 0 Å². The molecule has 0 radical (unpaired) electrons. The monoisotopic (exact) mass is 319 g/mol. The highest BCUT2D eigenvalue weighted by Gasteiger charge is 2.32. The number of rotatable bonds is 5. The summed E-state index contributed by atoms with van der Waals surface area (Å²) >= 11 is 0. The third kappa shape index (κ3) is 4.94. The molecule has 1 aliphatic carbocycles. The highest BCUT2D eigenvalue weighted by Crippen LogP contribution is 2.18. The summed E-state index contributed by atoms with van der Waals surface area (Å²) in [5.74, 6) is -2.00. The molecule has 9 heteroatoms. The van der Waals surface area contributed by atoms with Crippen molar-refractivity contribution in [2.75, 3.05) is 39.0 Å². The summed E-state index contributed by atoms with van der Waals surface area (Å²) < 4.78 is 24.4. The van der Waals surface area contributed by atoms with Crippen molar-refractivity contribution in [3.8, 4) is 0 Å². The van der Waals surface area contributed by atoms with Crippen molar-refractivity contribution in [2.24, 2.45) is 5.92 Å². The molecule has 0 aromatic carbocycles. The standard InChI is InChI=1S/C12H21N3O5S/c1-21(19,20)15-5-4-14(6-9(7-15)12(17)18)8-11(16)13-10-2-3-10/h9-10H,2-8H2,1H3,(H,13,16)(H,17,18)/t9-/m0/s1. The fraction of sp³-hybridized carbons (Fsp3) is 0.833. The quantitative estimate of drug-likeness (QED) is 0.641. The molecule has 1 saturated carbocycles. The minimum absolute atomic E-state index is 0.0467. The molecule has 2 fully saturated rings. The molecule has 0 aromatic rings. The minimum Gasteiger partial charge on any atom is -0.481 e. The van der Waals surface area contributed by atoms with E-state index in [1.54, 1.807) is 4.90 Å². The van der Waals surface area contributed by atoms with Crippen LogP contribution in [0.5, 0.6) is 0 Å². The second-order valence-electron chi connectivity index (χ2n) is 5.73. The second-order valence-corrected chi connectivity index (χ2v) is 7.72. The first-order valence-electron chi connectivity index (χ1n) is 6.95. The van der Waals surface area contributed by atoms with E-state index in [1.165, 1.54) is 4.31 Å². The summed E-state index contributed by atoms with van der Waals surface area (Å²) in [6.07, 6.45) is 3.05. The Balaban J connectivity index is 1.99. The molecule has 2 aliphatic rings. The molecule has 1 atom stereocenters. The van der Waals surface area contributed by atoms with Crippen molar-refractivity contribution in [2.45, 2.75) is 18.9 Å². The van der Waals surface area contributed by atoms with Gasteiger partial charge in [-0.1, -0.05) is 0 Å². The number of carbonyl (C=O) groups excluding carboxylic acids is 1. The number of carboxylic acids is 1. The average molecular weight is 319 g/mol. The summed E-state index contributed by atoms with van der Waals surface area (Å²) in [6, 6.07) is 0.257.